The molecule has 1 rings (SSSR count). The van der Waals surface area contributed by atoms with Gasteiger partial charge in [0.25, 0.3) is 12.0 Å². The third-order valence-electron chi connectivity index (χ3n) is 1.98. The van der Waals surface area contributed by atoms with Gasteiger partial charge in [0.2, 0.25) is 5.95 Å². The Kier molecular flexibility index (Phi) is 4.43. The van der Waals surface area contributed by atoms with Gasteiger partial charge in [-0.05, 0) is 0 Å². The van der Waals surface area contributed by atoms with Gasteiger partial charge in [0.1, 0.15) is 6.20 Å². The normalized spacial score (nSPS) is 12.4. The fourth-order valence-electron chi connectivity index (χ4n) is 1.12. The molecule has 0 aliphatic carbocycles. The van der Waals surface area contributed by atoms with Crippen LogP contribution in [0.1, 0.15) is 0 Å². The van der Waals surface area contributed by atoms with Crippen molar-refractivity contribution in [3.8, 4) is 5.88 Å². The molecule has 0 radical (unpaired) electrons. The molecule has 0 bridgehead atoms. The summed E-state index contributed by atoms with van der Waals surface area (Å²) in [5.41, 5.74) is -1.23. The van der Waals surface area contributed by atoms with Crippen LogP contribution < -0.4 is 10.1 Å². The zero-order valence-electron chi connectivity index (χ0n) is 9.99. The lowest BCUT2D eigenvalue weighted by Crippen LogP contribution is -2.46. The molecule has 1 aromatic rings. The quantitative estimate of drug-likeness (QED) is 0.520. The number of halogens is 6. The van der Waals surface area contributed by atoms with Crippen molar-refractivity contribution in [3.63, 3.8) is 0 Å². The van der Waals surface area contributed by atoms with E-state index in [0.717, 1.165) is 0 Å². The lowest BCUT2D eigenvalue weighted by molar-refractivity contribution is -0.388. The summed E-state index contributed by atoms with van der Waals surface area (Å²) in [6.45, 7) is 0. The summed E-state index contributed by atoms with van der Waals surface area (Å²) in [5.74, 6) is -1.89. The molecule has 0 saturated heterocycles. The zero-order valence-corrected chi connectivity index (χ0v) is 9.99. The zero-order chi connectivity index (χ0) is 16.4. The molecule has 0 amide bonds. The summed E-state index contributed by atoms with van der Waals surface area (Å²) in [5, 5.41) is 12.8. The molecule has 1 aromatic heterocycles. The second-order valence-corrected chi connectivity index (χ2v) is 3.47. The second-order valence-electron chi connectivity index (χ2n) is 3.47. The average Bonchev–Trinajstić information content (AvgIpc) is 2.32. The van der Waals surface area contributed by atoms with E-state index in [4.69, 9.17) is 0 Å². The standard InChI is InChI=1S/C8H6F6N4O3/c1-15-6-16-2-3(18(19)20)4(17-6)21-5(7(9,10)11)8(12,13)14/h2,5H,1H3,(H,15,16,17). The molecule has 0 spiro atoms. The van der Waals surface area contributed by atoms with Crippen molar-refractivity contribution in [2.75, 3.05) is 12.4 Å². The Morgan fingerprint density at radius 2 is 1.81 bits per heavy atom. The van der Waals surface area contributed by atoms with Gasteiger partial charge in [-0.2, -0.15) is 31.3 Å². The van der Waals surface area contributed by atoms with E-state index in [2.05, 4.69) is 20.0 Å². The molecule has 1 N–H and O–H groups in total. The average molecular weight is 320 g/mol. The second kappa shape index (κ2) is 5.57. The maximum Gasteiger partial charge on any atom is 0.434 e. The number of rotatable bonds is 4. The molecule has 0 unspecified atom stereocenters. The summed E-state index contributed by atoms with van der Waals surface area (Å²) < 4.78 is 77.8. The lowest BCUT2D eigenvalue weighted by Gasteiger charge is -2.23. The first kappa shape index (κ1) is 16.7. The van der Waals surface area contributed by atoms with Crippen molar-refractivity contribution < 1.29 is 36.0 Å². The van der Waals surface area contributed by atoms with E-state index in [0.29, 0.717) is 6.20 Å². The summed E-state index contributed by atoms with van der Waals surface area (Å²) in [6.07, 6.45) is -15.5. The highest BCUT2D eigenvalue weighted by Gasteiger charge is 2.59. The maximum absolute atomic E-state index is 12.3. The van der Waals surface area contributed by atoms with E-state index in [1.54, 1.807) is 0 Å². The molecular weight excluding hydrogens is 314 g/mol. The van der Waals surface area contributed by atoms with Crippen molar-refractivity contribution in [3.05, 3.63) is 16.3 Å². The van der Waals surface area contributed by atoms with Crippen LogP contribution in [0.3, 0.4) is 0 Å². The van der Waals surface area contributed by atoms with Gasteiger partial charge in [-0.25, -0.2) is 4.98 Å². The van der Waals surface area contributed by atoms with Crippen LogP contribution in [0.15, 0.2) is 6.20 Å². The number of nitrogens with zero attached hydrogens (tertiary/aromatic N) is 3. The van der Waals surface area contributed by atoms with E-state index in [-0.39, 0.29) is 0 Å². The summed E-state index contributed by atoms with van der Waals surface area (Å²) in [4.78, 5) is 15.7. The molecule has 0 fully saturated rings. The van der Waals surface area contributed by atoms with E-state index in [1.165, 1.54) is 7.05 Å². The molecule has 0 aliphatic heterocycles. The highest BCUT2D eigenvalue weighted by atomic mass is 19.4. The van der Waals surface area contributed by atoms with Crippen molar-refractivity contribution in [1.82, 2.24) is 9.97 Å². The van der Waals surface area contributed by atoms with Crippen molar-refractivity contribution in [2.45, 2.75) is 18.5 Å². The number of hydrogen-bond donors (Lipinski definition) is 1. The molecule has 21 heavy (non-hydrogen) atoms. The van der Waals surface area contributed by atoms with Gasteiger partial charge in [0.05, 0.1) is 4.92 Å². The van der Waals surface area contributed by atoms with Crippen LogP contribution in [0, 0.1) is 10.1 Å². The largest absolute Gasteiger partial charge is 0.450 e. The van der Waals surface area contributed by atoms with Crippen molar-refractivity contribution >= 4 is 11.6 Å². The number of aromatic nitrogens is 2. The smallest absolute Gasteiger partial charge is 0.434 e. The SMILES string of the molecule is CNc1ncc([N+](=O)[O-])c(OC(C(F)(F)F)C(F)(F)F)n1. The highest BCUT2D eigenvalue weighted by Crippen LogP contribution is 2.38. The number of alkyl halides is 6. The number of nitro groups is 1. The first-order chi connectivity index (χ1) is 9.46. The Hall–Kier alpha value is -2.34. The van der Waals surface area contributed by atoms with E-state index in [1.807, 2.05) is 0 Å². The Labute approximate surface area is 112 Å². The van der Waals surface area contributed by atoms with Gasteiger partial charge in [-0.3, -0.25) is 10.1 Å². The first-order valence-electron chi connectivity index (χ1n) is 4.96. The third kappa shape index (κ3) is 4.06. The van der Waals surface area contributed by atoms with Gasteiger partial charge in [0.15, 0.2) is 0 Å². The van der Waals surface area contributed by atoms with Gasteiger partial charge in [0, 0.05) is 7.05 Å². The van der Waals surface area contributed by atoms with Crippen LogP contribution in [0.5, 0.6) is 5.88 Å². The predicted octanol–water partition coefficient (Wildman–Crippen LogP) is 2.30. The molecule has 0 aromatic carbocycles. The number of ether oxygens (including phenoxy) is 1. The molecule has 13 heteroatoms. The van der Waals surface area contributed by atoms with Gasteiger partial charge < -0.3 is 10.1 Å². The Morgan fingerprint density at radius 1 is 1.29 bits per heavy atom. The van der Waals surface area contributed by atoms with Gasteiger partial charge >= 0.3 is 18.0 Å². The lowest BCUT2D eigenvalue weighted by atomic mass is 10.3. The van der Waals surface area contributed by atoms with Crippen LogP contribution in [-0.2, 0) is 0 Å². The summed E-state index contributed by atoms with van der Waals surface area (Å²) in [7, 11) is 1.20. The predicted molar refractivity (Wildman–Crippen MR) is 54.8 cm³/mol. The van der Waals surface area contributed by atoms with Gasteiger partial charge in [-0.15, -0.1) is 0 Å². The fraction of sp³-hybridized carbons (Fsp3) is 0.500. The molecule has 1 heterocycles. The monoisotopic (exact) mass is 320 g/mol. The third-order valence-corrected chi connectivity index (χ3v) is 1.98. The van der Waals surface area contributed by atoms with Crippen LogP contribution in [0.4, 0.5) is 38.0 Å². The molecular formula is C8H6F6N4O3. The number of hydrogen-bond acceptors (Lipinski definition) is 6. The minimum absolute atomic E-state index is 0.429. The number of nitrogens with one attached hydrogen (secondary N) is 1. The number of anilines is 1. The van der Waals surface area contributed by atoms with E-state index >= 15 is 0 Å². The van der Waals surface area contributed by atoms with Crippen LogP contribution in [-0.4, -0.2) is 40.4 Å². The van der Waals surface area contributed by atoms with Crippen LogP contribution >= 0.6 is 0 Å². The summed E-state index contributed by atoms with van der Waals surface area (Å²) >= 11 is 0. The first-order valence-corrected chi connectivity index (χ1v) is 4.96. The van der Waals surface area contributed by atoms with Gasteiger partial charge in [-0.1, -0.05) is 0 Å². The van der Waals surface area contributed by atoms with Crippen LogP contribution in [0.2, 0.25) is 0 Å². The van der Waals surface area contributed by atoms with Crippen LogP contribution in [0.25, 0.3) is 0 Å². The molecule has 0 aliphatic rings. The topological polar surface area (TPSA) is 90.2 Å². The Bertz CT molecular complexity index is 518. The molecule has 0 saturated carbocycles. The van der Waals surface area contributed by atoms with Crippen molar-refractivity contribution in [1.29, 1.82) is 0 Å². The molecule has 0 atom stereocenters. The maximum atomic E-state index is 12.3. The minimum Gasteiger partial charge on any atom is -0.450 e. The molecule has 118 valence electrons. The Morgan fingerprint density at radius 3 is 2.19 bits per heavy atom. The summed E-state index contributed by atoms with van der Waals surface area (Å²) in [6, 6.07) is 0. The fourth-order valence-corrected chi connectivity index (χ4v) is 1.12. The highest BCUT2D eigenvalue weighted by molar-refractivity contribution is 5.43. The van der Waals surface area contributed by atoms with Crippen molar-refractivity contribution in [2.24, 2.45) is 0 Å². The molecule has 7 nitrogen and oxygen atoms in total. The minimum atomic E-state index is -5.82. The Balaban J connectivity index is 3.28. The van der Waals surface area contributed by atoms with E-state index in [9.17, 15) is 36.5 Å². The van der Waals surface area contributed by atoms with E-state index < -0.39 is 40.9 Å².